The first kappa shape index (κ1) is 13.4. The predicted octanol–water partition coefficient (Wildman–Crippen LogP) is 0.494. The van der Waals surface area contributed by atoms with Gasteiger partial charge in [-0.25, -0.2) is 4.68 Å². The van der Waals surface area contributed by atoms with Gasteiger partial charge in [0.2, 0.25) is 11.2 Å². The van der Waals surface area contributed by atoms with Crippen molar-refractivity contribution < 1.29 is 0 Å². The van der Waals surface area contributed by atoms with Crippen molar-refractivity contribution in [2.24, 2.45) is 7.05 Å². The summed E-state index contributed by atoms with van der Waals surface area (Å²) in [5.41, 5.74) is 0. The molecule has 10 heteroatoms. The number of nitrogens with one attached hydrogen (secondary N) is 1. The molecule has 3 aromatic rings. The lowest BCUT2D eigenvalue weighted by Gasteiger charge is -2.06. The van der Waals surface area contributed by atoms with Crippen LogP contribution in [0.2, 0.25) is 5.28 Å². The maximum absolute atomic E-state index is 5.90. The zero-order chi connectivity index (χ0) is 14.7. The Morgan fingerprint density at radius 1 is 1.29 bits per heavy atom. The van der Waals surface area contributed by atoms with E-state index in [2.05, 4.69) is 35.6 Å². The minimum atomic E-state index is 0.108. The zero-order valence-electron chi connectivity index (χ0n) is 11.2. The predicted molar refractivity (Wildman–Crippen MR) is 75.2 cm³/mol. The van der Waals surface area contributed by atoms with Crippen molar-refractivity contribution in [3.05, 3.63) is 35.9 Å². The van der Waals surface area contributed by atoms with E-state index in [1.54, 1.807) is 24.8 Å². The maximum Gasteiger partial charge on any atom is 0.256 e. The molecule has 0 aliphatic heterocycles. The molecule has 0 spiro atoms. The number of hydrogen-bond donors (Lipinski definition) is 1. The van der Waals surface area contributed by atoms with Crippen molar-refractivity contribution in [1.29, 1.82) is 0 Å². The molecule has 0 amide bonds. The summed E-state index contributed by atoms with van der Waals surface area (Å²) in [5.74, 6) is 1.62. The smallest absolute Gasteiger partial charge is 0.256 e. The average molecular weight is 306 g/mol. The Hall–Kier alpha value is -2.55. The number of aromatic nitrogens is 8. The minimum absolute atomic E-state index is 0.108. The lowest BCUT2D eigenvalue weighted by atomic mass is 10.4. The summed E-state index contributed by atoms with van der Waals surface area (Å²) in [6.45, 7) is 0.603. The van der Waals surface area contributed by atoms with Crippen LogP contribution in [0.4, 0.5) is 5.95 Å². The standard InChI is InChI=1S/C11H12ClN9/c1-20-7-14-19-8(20)3-5-13-10-16-9(12)17-11(18-10)21-6-2-4-15-21/h2,4,6-7H,3,5H2,1H3,(H,13,16,17,18). The third-order valence-corrected chi connectivity index (χ3v) is 2.91. The van der Waals surface area contributed by atoms with Gasteiger partial charge in [0.1, 0.15) is 12.2 Å². The second-order valence-electron chi connectivity index (χ2n) is 4.21. The molecule has 0 unspecified atom stereocenters. The second kappa shape index (κ2) is 5.83. The Kier molecular flexibility index (Phi) is 3.73. The second-order valence-corrected chi connectivity index (χ2v) is 4.55. The molecule has 108 valence electrons. The molecule has 0 aliphatic rings. The highest BCUT2D eigenvalue weighted by Gasteiger charge is 2.07. The van der Waals surface area contributed by atoms with Crippen LogP contribution in [0, 0.1) is 0 Å². The molecule has 0 radical (unpaired) electrons. The summed E-state index contributed by atoms with van der Waals surface area (Å²) < 4.78 is 3.37. The van der Waals surface area contributed by atoms with Crippen molar-refractivity contribution in [3.8, 4) is 5.95 Å². The molecule has 0 bridgehead atoms. The van der Waals surface area contributed by atoms with E-state index >= 15 is 0 Å². The highest BCUT2D eigenvalue weighted by atomic mass is 35.5. The van der Waals surface area contributed by atoms with Gasteiger partial charge in [0.25, 0.3) is 5.95 Å². The number of nitrogens with zero attached hydrogens (tertiary/aromatic N) is 8. The molecule has 21 heavy (non-hydrogen) atoms. The van der Waals surface area contributed by atoms with Crippen LogP contribution < -0.4 is 5.32 Å². The van der Waals surface area contributed by atoms with Crippen LogP contribution in [0.25, 0.3) is 5.95 Å². The largest absolute Gasteiger partial charge is 0.354 e. The van der Waals surface area contributed by atoms with E-state index in [0.717, 1.165) is 5.82 Å². The van der Waals surface area contributed by atoms with Crippen molar-refractivity contribution >= 4 is 17.5 Å². The molecule has 9 nitrogen and oxygen atoms in total. The molecule has 3 aromatic heterocycles. The normalized spacial score (nSPS) is 10.8. The molecular weight excluding hydrogens is 294 g/mol. The Labute approximate surface area is 125 Å². The first-order chi connectivity index (χ1) is 10.2. The summed E-state index contributed by atoms with van der Waals surface area (Å²) in [6, 6.07) is 1.78. The summed E-state index contributed by atoms with van der Waals surface area (Å²) in [5, 5.41) is 15.1. The first-order valence-electron chi connectivity index (χ1n) is 6.21. The van der Waals surface area contributed by atoms with Gasteiger partial charge >= 0.3 is 0 Å². The summed E-state index contributed by atoms with van der Waals surface area (Å²) in [7, 11) is 1.89. The van der Waals surface area contributed by atoms with Crippen molar-refractivity contribution in [1.82, 2.24) is 39.5 Å². The van der Waals surface area contributed by atoms with Crippen LogP contribution >= 0.6 is 11.6 Å². The average Bonchev–Trinajstić information content (AvgIpc) is 3.10. The van der Waals surface area contributed by atoms with Gasteiger partial charge in [0.05, 0.1) is 0 Å². The fourth-order valence-corrected chi connectivity index (χ4v) is 1.88. The molecule has 3 heterocycles. The van der Waals surface area contributed by atoms with E-state index in [1.165, 1.54) is 4.68 Å². The monoisotopic (exact) mass is 305 g/mol. The summed E-state index contributed by atoms with van der Waals surface area (Å²) in [4.78, 5) is 12.3. The fraction of sp³-hybridized carbons (Fsp3) is 0.273. The molecule has 1 N–H and O–H groups in total. The van der Waals surface area contributed by atoms with E-state index in [-0.39, 0.29) is 5.28 Å². The van der Waals surface area contributed by atoms with E-state index in [4.69, 9.17) is 11.6 Å². The lowest BCUT2D eigenvalue weighted by Crippen LogP contribution is -2.13. The third-order valence-electron chi connectivity index (χ3n) is 2.74. The topological polar surface area (TPSA) is 99.2 Å². The molecule has 0 saturated heterocycles. The highest BCUT2D eigenvalue weighted by molar-refractivity contribution is 6.28. The zero-order valence-corrected chi connectivity index (χ0v) is 11.9. The summed E-state index contributed by atoms with van der Waals surface area (Å²) >= 11 is 5.90. The SMILES string of the molecule is Cn1cnnc1CCNc1nc(Cl)nc(-n2cccn2)n1. The molecule has 0 fully saturated rings. The van der Waals surface area contributed by atoms with Crippen molar-refractivity contribution in [2.75, 3.05) is 11.9 Å². The maximum atomic E-state index is 5.90. The Bertz CT molecular complexity index is 721. The lowest BCUT2D eigenvalue weighted by molar-refractivity contribution is 0.775. The minimum Gasteiger partial charge on any atom is -0.354 e. The van der Waals surface area contributed by atoms with Crippen LogP contribution in [0.1, 0.15) is 5.82 Å². The van der Waals surface area contributed by atoms with Gasteiger partial charge in [-0.05, 0) is 17.7 Å². The van der Waals surface area contributed by atoms with Crippen LogP contribution in [-0.2, 0) is 13.5 Å². The molecule has 0 saturated carbocycles. The van der Waals surface area contributed by atoms with Crippen LogP contribution in [-0.4, -0.2) is 46.0 Å². The van der Waals surface area contributed by atoms with Gasteiger partial charge in [0, 0.05) is 32.4 Å². The Morgan fingerprint density at radius 3 is 2.90 bits per heavy atom. The van der Waals surface area contributed by atoms with Gasteiger partial charge in [-0.15, -0.1) is 10.2 Å². The van der Waals surface area contributed by atoms with Gasteiger partial charge in [-0.2, -0.15) is 20.1 Å². The van der Waals surface area contributed by atoms with Gasteiger partial charge in [0.15, 0.2) is 0 Å². The Balaban J connectivity index is 1.69. The van der Waals surface area contributed by atoms with E-state index in [0.29, 0.717) is 24.9 Å². The molecule has 3 rings (SSSR count). The fourth-order valence-electron chi connectivity index (χ4n) is 1.73. The first-order valence-corrected chi connectivity index (χ1v) is 6.58. The van der Waals surface area contributed by atoms with Crippen LogP contribution in [0.15, 0.2) is 24.8 Å². The number of rotatable bonds is 5. The molecule has 0 atom stereocenters. The van der Waals surface area contributed by atoms with Crippen LogP contribution in [0.5, 0.6) is 0 Å². The van der Waals surface area contributed by atoms with Crippen molar-refractivity contribution in [3.63, 3.8) is 0 Å². The number of halogens is 1. The Morgan fingerprint density at radius 2 is 2.19 bits per heavy atom. The molecule has 0 aromatic carbocycles. The van der Waals surface area contributed by atoms with Gasteiger partial charge in [-0.1, -0.05) is 0 Å². The number of aryl methyl sites for hydroxylation is 1. The van der Waals surface area contributed by atoms with E-state index in [9.17, 15) is 0 Å². The van der Waals surface area contributed by atoms with Crippen molar-refractivity contribution in [2.45, 2.75) is 6.42 Å². The summed E-state index contributed by atoms with van der Waals surface area (Å²) in [6.07, 6.45) is 5.72. The van der Waals surface area contributed by atoms with Gasteiger partial charge in [-0.3, -0.25) is 0 Å². The highest BCUT2D eigenvalue weighted by Crippen LogP contribution is 2.09. The molecule has 0 aliphatic carbocycles. The van der Waals surface area contributed by atoms with Gasteiger partial charge < -0.3 is 9.88 Å². The third kappa shape index (κ3) is 3.14. The number of hydrogen-bond acceptors (Lipinski definition) is 7. The quantitative estimate of drug-likeness (QED) is 0.732. The number of anilines is 1. The molecular formula is C11H12ClN9. The van der Waals surface area contributed by atoms with E-state index in [1.807, 2.05) is 11.6 Å². The van der Waals surface area contributed by atoms with E-state index < -0.39 is 0 Å². The van der Waals surface area contributed by atoms with Crippen LogP contribution in [0.3, 0.4) is 0 Å².